The highest BCUT2D eigenvalue weighted by Crippen LogP contribution is 2.27. The number of halogens is 1. The van der Waals surface area contributed by atoms with Crippen LogP contribution in [0.4, 0.5) is 11.4 Å². The molecular formula is C16H13ClN4O4. The molecule has 1 N–H and O–H groups in total. The quantitative estimate of drug-likeness (QED) is 0.556. The molecule has 1 aromatic heterocycles. The molecule has 9 heteroatoms. The van der Waals surface area contributed by atoms with Gasteiger partial charge in [0.05, 0.1) is 28.9 Å². The number of aromatic nitrogens is 2. The molecule has 128 valence electrons. The van der Waals surface area contributed by atoms with Crippen molar-refractivity contribution in [1.82, 2.24) is 9.55 Å². The van der Waals surface area contributed by atoms with Crippen molar-refractivity contribution >= 4 is 39.9 Å². The molecule has 0 fully saturated rings. The average molecular weight is 361 g/mol. The van der Waals surface area contributed by atoms with Gasteiger partial charge in [0, 0.05) is 11.8 Å². The number of fused-ring (bicyclic) bond motifs is 1. The Morgan fingerprint density at radius 3 is 2.88 bits per heavy atom. The minimum atomic E-state index is -0.498. The Morgan fingerprint density at radius 2 is 2.20 bits per heavy atom. The van der Waals surface area contributed by atoms with Crippen LogP contribution in [-0.4, -0.2) is 27.5 Å². The Kier molecular flexibility index (Phi) is 4.53. The molecule has 0 aliphatic rings. The molecule has 3 aromatic rings. The molecule has 0 saturated heterocycles. The number of ether oxygens (including phenoxy) is 1. The summed E-state index contributed by atoms with van der Waals surface area (Å²) < 4.78 is 6.49. The normalized spacial score (nSPS) is 10.6. The zero-order valence-electron chi connectivity index (χ0n) is 13.1. The van der Waals surface area contributed by atoms with E-state index in [0.29, 0.717) is 27.5 Å². The third-order valence-electron chi connectivity index (χ3n) is 3.56. The van der Waals surface area contributed by atoms with E-state index < -0.39 is 4.92 Å². The zero-order valence-corrected chi connectivity index (χ0v) is 13.9. The van der Waals surface area contributed by atoms with Gasteiger partial charge in [0.1, 0.15) is 17.8 Å². The van der Waals surface area contributed by atoms with Crippen LogP contribution in [0.15, 0.2) is 42.7 Å². The maximum Gasteiger partial charge on any atom is 0.295 e. The van der Waals surface area contributed by atoms with Crippen molar-refractivity contribution in [1.29, 1.82) is 0 Å². The molecule has 0 bridgehead atoms. The fourth-order valence-electron chi connectivity index (χ4n) is 2.47. The van der Waals surface area contributed by atoms with Gasteiger partial charge in [0.15, 0.2) is 0 Å². The largest absolute Gasteiger partial charge is 0.495 e. The van der Waals surface area contributed by atoms with Gasteiger partial charge in [-0.1, -0.05) is 17.7 Å². The molecule has 0 aliphatic heterocycles. The first-order valence-electron chi connectivity index (χ1n) is 7.21. The number of carbonyl (C=O) groups excluding carboxylic acids is 1. The number of nitrogens with one attached hydrogen (secondary N) is 1. The van der Waals surface area contributed by atoms with Crippen LogP contribution in [0.5, 0.6) is 5.75 Å². The number of carbonyl (C=O) groups is 1. The van der Waals surface area contributed by atoms with E-state index in [1.165, 1.54) is 24.1 Å². The number of rotatable bonds is 5. The first-order valence-corrected chi connectivity index (χ1v) is 7.59. The van der Waals surface area contributed by atoms with Crippen molar-refractivity contribution < 1.29 is 14.5 Å². The van der Waals surface area contributed by atoms with Gasteiger partial charge in [-0.05, 0) is 24.3 Å². The van der Waals surface area contributed by atoms with E-state index in [0.717, 1.165) is 0 Å². The molecule has 2 aromatic carbocycles. The second-order valence-corrected chi connectivity index (χ2v) is 5.58. The van der Waals surface area contributed by atoms with Crippen LogP contribution in [0.25, 0.3) is 11.0 Å². The van der Waals surface area contributed by atoms with Crippen LogP contribution < -0.4 is 10.1 Å². The van der Waals surface area contributed by atoms with Crippen LogP contribution in [0, 0.1) is 10.1 Å². The highest BCUT2D eigenvalue weighted by molar-refractivity contribution is 6.32. The molecule has 0 radical (unpaired) electrons. The molecule has 0 saturated carbocycles. The van der Waals surface area contributed by atoms with Crippen molar-refractivity contribution in [2.24, 2.45) is 0 Å². The van der Waals surface area contributed by atoms with E-state index in [2.05, 4.69) is 10.3 Å². The first kappa shape index (κ1) is 16.7. The van der Waals surface area contributed by atoms with Crippen molar-refractivity contribution in [3.63, 3.8) is 0 Å². The Balaban J connectivity index is 1.83. The topological polar surface area (TPSA) is 99.3 Å². The van der Waals surface area contributed by atoms with E-state index in [4.69, 9.17) is 16.3 Å². The average Bonchev–Trinajstić information content (AvgIpc) is 2.98. The number of amides is 1. The maximum atomic E-state index is 12.3. The van der Waals surface area contributed by atoms with Crippen LogP contribution in [-0.2, 0) is 11.3 Å². The summed E-state index contributed by atoms with van der Waals surface area (Å²) in [6, 6.07) is 9.43. The van der Waals surface area contributed by atoms with E-state index in [9.17, 15) is 14.9 Å². The lowest BCUT2D eigenvalue weighted by molar-refractivity contribution is -0.383. The lowest BCUT2D eigenvalue weighted by atomic mass is 10.2. The third-order valence-corrected chi connectivity index (χ3v) is 3.86. The molecule has 8 nitrogen and oxygen atoms in total. The lowest BCUT2D eigenvalue weighted by Gasteiger charge is -2.09. The Labute approximate surface area is 147 Å². The Hall–Kier alpha value is -3.13. The molecule has 3 rings (SSSR count). The number of imidazole rings is 1. The van der Waals surface area contributed by atoms with Gasteiger partial charge in [-0.25, -0.2) is 4.98 Å². The van der Waals surface area contributed by atoms with Crippen molar-refractivity contribution in [3.05, 3.63) is 57.9 Å². The molecule has 1 amide bonds. The summed E-state index contributed by atoms with van der Waals surface area (Å²) in [5.41, 5.74) is 1.15. The first-order chi connectivity index (χ1) is 12.0. The van der Waals surface area contributed by atoms with Crippen LogP contribution in [0.1, 0.15) is 0 Å². The van der Waals surface area contributed by atoms with Crippen LogP contribution in [0.3, 0.4) is 0 Å². The third kappa shape index (κ3) is 3.38. The number of nitro groups is 1. The van der Waals surface area contributed by atoms with E-state index in [1.54, 1.807) is 30.3 Å². The monoisotopic (exact) mass is 360 g/mol. The summed E-state index contributed by atoms with van der Waals surface area (Å²) >= 11 is 6.02. The summed E-state index contributed by atoms with van der Waals surface area (Å²) in [5.74, 6) is 0.134. The van der Waals surface area contributed by atoms with Gasteiger partial charge in [0.2, 0.25) is 5.91 Å². The molecular weight excluding hydrogens is 348 g/mol. The summed E-state index contributed by atoms with van der Waals surface area (Å²) in [6.07, 6.45) is 1.40. The van der Waals surface area contributed by atoms with Gasteiger partial charge in [0.25, 0.3) is 5.69 Å². The number of non-ortho nitro benzene ring substituents is 1. The fraction of sp³-hybridized carbons (Fsp3) is 0.125. The minimum absolute atomic E-state index is 0.102. The lowest BCUT2D eigenvalue weighted by Crippen LogP contribution is -2.18. The van der Waals surface area contributed by atoms with Gasteiger partial charge < -0.3 is 14.6 Å². The van der Waals surface area contributed by atoms with Crippen molar-refractivity contribution in [2.75, 3.05) is 12.4 Å². The zero-order chi connectivity index (χ0) is 18.0. The second kappa shape index (κ2) is 6.78. The molecule has 0 unspecified atom stereocenters. The van der Waals surface area contributed by atoms with Crippen LogP contribution in [0.2, 0.25) is 5.02 Å². The number of hydrogen-bond acceptors (Lipinski definition) is 5. The van der Waals surface area contributed by atoms with Crippen molar-refractivity contribution in [3.8, 4) is 5.75 Å². The fourth-order valence-corrected chi connectivity index (χ4v) is 2.73. The summed E-state index contributed by atoms with van der Waals surface area (Å²) in [6.45, 7) is -0.120. The predicted octanol–water partition coefficient (Wildman–Crippen LogP) is 3.25. The molecule has 0 atom stereocenters. The van der Waals surface area contributed by atoms with Crippen molar-refractivity contribution in [2.45, 2.75) is 6.54 Å². The SMILES string of the molecule is COc1ccc(NC(=O)Cn2cnc3cccc([N+](=O)[O-])c32)cc1Cl. The van der Waals surface area contributed by atoms with Crippen LogP contribution >= 0.6 is 11.6 Å². The maximum absolute atomic E-state index is 12.3. The summed E-state index contributed by atoms with van der Waals surface area (Å²) in [5, 5.41) is 14.2. The standard InChI is InChI=1S/C16H13ClN4O4/c1-25-14-6-5-10(7-11(14)17)19-15(22)8-20-9-18-12-3-2-4-13(16(12)20)21(23)24/h2-7,9H,8H2,1H3,(H,19,22). The number of methoxy groups -OCH3 is 1. The Bertz CT molecular complexity index is 970. The number of para-hydroxylation sites is 1. The van der Waals surface area contributed by atoms with E-state index >= 15 is 0 Å². The molecule has 1 heterocycles. The molecule has 0 aliphatic carbocycles. The van der Waals surface area contributed by atoms with E-state index in [1.807, 2.05) is 0 Å². The molecule has 25 heavy (non-hydrogen) atoms. The summed E-state index contributed by atoms with van der Waals surface area (Å²) in [4.78, 5) is 27.0. The summed E-state index contributed by atoms with van der Waals surface area (Å²) in [7, 11) is 1.50. The number of hydrogen-bond donors (Lipinski definition) is 1. The second-order valence-electron chi connectivity index (χ2n) is 5.17. The van der Waals surface area contributed by atoms with Gasteiger partial charge in [-0.15, -0.1) is 0 Å². The van der Waals surface area contributed by atoms with Gasteiger partial charge in [-0.2, -0.15) is 0 Å². The van der Waals surface area contributed by atoms with E-state index in [-0.39, 0.29) is 18.1 Å². The van der Waals surface area contributed by atoms with Gasteiger partial charge in [-0.3, -0.25) is 14.9 Å². The molecule has 0 spiro atoms. The number of nitrogens with zero attached hydrogens (tertiary/aromatic N) is 3. The number of benzene rings is 2. The highest BCUT2D eigenvalue weighted by Gasteiger charge is 2.18. The number of nitro benzene ring substituents is 1. The highest BCUT2D eigenvalue weighted by atomic mass is 35.5. The minimum Gasteiger partial charge on any atom is -0.495 e. The smallest absolute Gasteiger partial charge is 0.295 e. The van der Waals surface area contributed by atoms with Gasteiger partial charge >= 0.3 is 0 Å². The number of anilines is 1. The predicted molar refractivity (Wildman–Crippen MR) is 93.0 cm³/mol. The Morgan fingerprint density at radius 1 is 1.40 bits per heavy atom.